The summed E-state index contributed by atoms with van der Waals surface area (Å²) in [6.07, 6.45) is 2.52. The lowest BCUT2D eigenvalue weighted by Crippen LogP contribution is -2.51. The van der Waals surface area contributed by atoms with Gasteiger partial charge >= 0.3 is 0 Å². The van der Waals surface area contributed by atoms with Gasteiger partial charge in [0.05, 0.1) is 16.5 Å². The molecule has 1 saturated heterocycles. The predicted octanol–water partition coefficient (Wildman–Crippen LogP) is 1.37. The van der Waals surface area contributed by atoms with Crippen LogP contribution in [0.3, 0.4) is 0 Å². The first-order chi connectivity index (χ1) is 7.90. The SMILES string of the molecule is CCC(C)(C(=O)NC1CCOC(C)C1)C(N)=S. The highest BCUT2D eigenvalue weighted by Gasteiger charge is 2.36. The van der Waals surface area contributed by atoms with Gasteiger partial charge < -0.3 is 15.8 Å². The molecule has 4 nitrogen and oxygen atoms in total. The maximum atomic E-state index is 12.2. The lowest BCUT2D eigenvalue weighted by Gasteiger charge is -2.32. The zero-order chi connectivity index (χ0) is 13.1. The molecular weight excluding hydrogens is 236 g/mol. The van der Waals surface area contributed by atoms with Gasteiger partial charge in [-0.25, -0.2) is 0 Å². The van der Waals surface area contributed by atoms with E-state index in [2.05, 4.69) is 5.32 Å². The van der Waals surface area contributed by atoms with Crippen LogP contribution in [0.25, 0.3) is 0 Å². The number of nitrogens with two attached hydrogens (primary N) is 1. The number of carbonyl (C=O) groups is 1. The molecule has 17 heavy (non-hydrogen) atoms. The molecule has 0 aromatic rings. The third kappa shape index (κ3) is 3.39. The average molecular weight is 258 g/mol. The summed E-state index contributed by atoms with van der Waals surface area (Å²) in [5.74, 6) is -0.0633. The molecule has 0 spiro atoms. The summed E-state index contributed by atoms with van der Waals surface area (Å²) in [7, 11) is 0. The first-order valence-corrected chi connectivity index (χ1v) is 6.53. The highest BCUT2D eigenvalue weighted by molar-refractivity contribution is 7.80. The number of hydrogen-bond donors (Lipinski definition) is 2. The summed E-state index contributed by atoms with van der Waals surface area (Å²) in [5.41, 5.74) is 4.92. The molecule has 3 N–H and O–H groups in total. The van der Waals surface area contributed by atoms with E-state index in [1.165, 1.54) is 0 Å². The maximum absolute atomic E-state index is 12.2. The van der Waals surface area contributed by atoms with E-state index in [1.54, 1.807) is 6.92 Å². The molecule has 3 atom stereocenters. The summed E-state index contributed by atoms with van der Waals surface area (Å²) >= 11 is 4.99. The molecule has 1 aliphatic rings. The van der Waals surface area contributed by atoms with E-state index in [9.17, 15) is 4.79 Å². The summed E-state index contributed by atoms with van der Waals surface area (Å²) < 4.78 is 5.45. The molecule has 0 aromatic carbocycles. The molecule has 1 aliphatic heterocycles. The molecule has 1 fully saturated rings. The van der Waals surface area contributed by atoms with Crippen LogP contribution in [0.4, 0.5) is 0 Å². The van der Waals surface area contributed by atoms with Crippen LogP contribution in [0.1, 0.15) is 40.0 Å². The van der Waals surface area contributed by atoms with Crippen LogP contribution in [0.2, 0.25) is 0 Å². The van der Waals surface area contributed by atoms with Crippen LogP contribution in [-0.4, -0.2) is 29.6 Å². The molecular formula is C12H22N2O2S. The van der Waals surface area contributed by atoms with Crippen LogP contribution >= 0.6 is 12.2 Å². The van der Waals surface area contributed by atoms with Crippen molar-refractivity contribution in [1.29, 1.82) is 0 Å². The second-order valence-electron chi connectivity index (χ2n) is 4.93. The van der Waals surface area contributed by atoms with Crippen LogP contribution in [-0.2, 0) is 9.53 Å². The Morgan fingerprint density at radius 3 is 2.76 bits per heavy atom. The Kier molecular flexibility index (Phi) is 4.89. The van der Waals surface area contributed by atoms with Crippen molar-refractivity contribution in [3.8, 4) is 0 Å². The van der Waals surface area contributed by atoms with Gasteiger partial charge in [0.2, 0.25) is 5.91 Å². The Morgan fingerprint density at radius 2 is 2.29 bits per heavy atom. The van der Waals surface area contributed by atoms with Crippen molar-refractivity contribution in [3.05, 3.63) is 0 Å². The first kappa shape index (κ1) is 14.4. The number of rotatable bonds is 4. The lowest BCUT2D eigenvalue weighted by atomic mass is 9.86. The number of hydrogen-bond acceptors (Lipinski definition) is 3. The zero-order valence-corrected chi connectivity index (χ0v) is 11.6. The van der Waals surface area contributed by atoms with Gasteiger partial charge in [-0.3, -0.25) is 4.79 Å². The largest absolute Gasteiger partial charge is 0.392 e. The van der Waals surface area contributed by atoms with Crippen LogP contribution in [0, 0.1) is 5.41 Å². The molecule has 0 aromatic heterocycles. The van der Waals surface area contributed by atoms with Gasteiger partial charge in [-0.2, -0.15) is 0 Å². The summed E-state index contributed by atoms with van der Waals surface area (Å²) in [6.45, 7) is 6.44. The molecule has 0 radical (unpaired) electrons. The Hall–Kier alpha value is -0.680. The standard InChI is InChI=1S/C12H22N2O2S/c1-4-12(3,10(13)17)11(15)14-9-5-6-16-8(2)7-9/h8-9H,4-7H2,1-3H3,(H2,13,17)(H,14,15). The fourth-order valence-electron chi connectivity index (χ4n) is 1.92. The summed E-state index contributed by atoms with van der Waals surface area (Å²) in [4.78, 5) is 12.5. The van der Waals surface area contributed by atoms with E-state index >= 15 is 0 Å². The Morgan fingerprint density at radius 1 is 1.65 bits per heavy atom. The van der Waals surface area contributed by atoms with Gasteiger partial charge in [0.15, 0.2) is 0 Å². The summed E-state index contributed by atoms with van der Waals surface area (Å²) in [5, 5.41) is 3.04. The van der Waals surface area contributed by atoms with E-state index in [0.717, 1.165) is 12.8 Å². The Balaban J connectivity index is 2.61. The lowest BCUT2D eigenvalue weighted by molar-refractivity contribution is -0.128. The molecule has 5 heteroatoms. The van der Waals surface area contributed by atoms with Crippen LogP contribution in [0.15, 0.2) is 0 Å². The van der Waals surface area contributed by atoms with Gasteiger partial charge in [-0.05, 0) is 33.1 Å². The number of ether oxygens (including phenoxy) is 1. The monoisotopic (exact) mass is 258 g/mol. The second kappa shape index (κ2) is 5.78. The van der Waals surface area contributed by atoms with E-state index in [4.69, 9.17) is 22.7 Å². The Labute approximate surface area is 108 Å². The minimum absolute atomic E-state index is 0.0633. The first-order valence-electron chi connectivity index (χ1n) is 6.12. The average Bonchev–Trinajstić information content (AvgIpc) is 2.27. The highest BCUT2D eigenvalue weighted by atomic mass is 32.1. The van der Waals surface area contributed by atoms with Crippen molar-refractivity contribution in [2.24, 2.45) is 11.1 Å². The van der Waals surface area contributed by atoms with Gasteiger partial charge in [0.1, 0.15) is 0 Å². The fraction of sp³-hybridized carbons (Fsp3) is 0.833. The fourth-order valence-corrected chi connectivity index (χ4v) is 2.16. The van der Waals surface area contributed by atoms with Crippen molar-refractivity contribution in [2.45, 2.75) is 52.2 Å². The topological polar surface area (TPSA) is 64.3 Å². The smallest absolute Gasteiger partial charge is 0.232 e. The van der Waals surface area contributed by atoms with Crippen LogP contribution < -0.4 is 11.1 Å². The highest BCUT2D eigenvalue weighted by Crippen LogP contribution is 2.23. The van der Waals surface area contributed by atoms with E-state index < -0.39 is 5.41 Å². The minimum Gasteiger partial charge on any atom is -0.392 e. The second-order valence-corrected chi connectivity index (χ2v) is 5.37. The number of amides is 1. The van der Waals surface area contributed by atoms with E-state index in [0.29, 0.717) is 13.0 Å². The number of thiocarbonyl (C=S) groups is 1. The minimum atomic E-state index is -0.739. The van der Waals surface area contributed by atoms with Crippen LogP contribution in [0.5, 0.6) is 0 Å². The van der Waals surface area contributed by atoms with Gasteiger partial charge in [0, 0.05) is 12.6 Å². The molecule has 1 rings (SSSR count). The summed E-state index contributed by atoms with van der Waals surface area (Å²) in [6, 6.07) is 0.173. The van der Waals surface area contributed by atoms with Crippen molar-refractivity contribution in [1.82, 2.24) is 5.32 Å². The maximum Gasteiger partial charge on any atom is 0.232 e. The number of carbonyl (C=O) groups excluding carboxylic acids is 1. The third-order valence-electron chi connectivity index (χ3n) is 3.57. The molecule has 0 saturated carbocycles. The van der Waals surface area contributed by atoms with Crippen molar-refractivity contribution < 1.29 is 9.53 Å². The number of nitrogens with one attached hydrogen (secondary N) is 1. The van der Waals surface area contributed by atoms with Gasteiger partial charge in [-0.15, -0.1) is 0 Å². The van der Waals surface area contributed by atoms with Gasteiger partial charge in [-0.1, -0.05) is 19.1 Å². The normalized spacial score (nSPS) is 28.2. The molecule has 3 unspecified atom stereocenters. The van der Waals surface area contributed by atoms with Gasteiger partial charge in [0.25, 0.3) is 0 Å². The zero-order valence-electron chi connectivity index (χ0n) is 10.8. The van der Waals surface area contributed by atoms with Crippen molar-refractivity contribution in [3.63, 3.8) is 0 Å². The molecule has 0 bridgehead atoms. The molecule has 98 valence electrons. The quantitative estimate of drug-likeness (QED) is 0.748. The van der Waals surface area contributed by atoms with E-state index in [1.807, 2.05) is 13.8 Å². The molecule has 1 amide bonds. The predicted molar refractivity (Wildman–Crippen MR) is 71.8 cm³/mol. The molecule has 1 heterocycles. The Bertz CT molecular complexity index is 309. The third-order valence-corrected chi connectivity index (χ3v) is 4.02. The van der Waals surface area contributed by atoms with Crippen molar-refractivity contribution >= 4 is 23.1 Å². The van der Waals surface area contributed by atoms with E-state index in [-0.39, 0.29) is 23.0 Å². The molecule has 0 aliphatic carbocycles. The van der Waals surface area contributed by atoms with Crippen molar-refractivity contribution in [2.75, 3.05) is 6.61 Å².